The van der Waals surface area contributed by atoms with Gasteiger partial charge in [-0.3, -0.25) is 19.9 Å². The van der Waals surface area contributed by atoms with Gasteiger partial charge in [-0.25, -0.2) is 5.84 Å². The molecule has 20 heavy (non-hydrogen) atoms. The van der Waals surface area contributed by atoms with E-state index in [2.05, 4.69) is 31.1 Å². The van der Waals surface area contributed by atoms with Crippen molar-refractivity contribution in [3.05, 3.63) is 0 Å². The Balaban J connectivity index is 2.38. The number of hydrogen-bond acceptors (Lipinski definition) is 4. The van der Waals surface area contributed by atoms with Crippen LogP contribution in [0.25, 0.3) is 0 Å². The number of nitrogens with two attached hydrogens (primary N) is 1. The first-order valence-corrected chi connectivity index (χ1v) is 7.19. The van der Waals surface area contributed by atoms with E-state index in [-0.39, 0.29) is 23.1 Å². The summed E-state index contributed by atoms with van der Waals surface area (Å²) in [6.07, 6.45) is 1.38. The Labute approximate surface area is 121 Å². The van der Waals surface area contributed by atoms with Crippen LogP contribution in [0, 0.1) is 11.3 Å². The van der Waals surface area contributed by atoms with E-state index >= 15 is 0 Å². The minimum Gasteiger partial charge on any atom is -0.342 e. The molecule has 6 nitrogen and oxygen atoms in total. The first kappa shape index (κ1) is 16.9. The normalized spacial score (nSPS) is 17.4. The van der Waals surface area contributed by atoms with Crippen LogP contribution >= 0.6 is 0 Å². The smallest absolute Gasteiger partial charge is 0.237 e. The van der Waals surface area contributed by atoms with Gasteiger partial charge in [0.1, 0.15) is 0 Å². The topological polar surface area (TPSA) is 78.7 Å². The van der Waals surface area contributed by atoms with Crippen molar-refractivity contribution in [1.82, 2.24) is 15.2 Å². The van der Waals surface area contributed by atoms with Gasteiger partial charge in [0.15, 0.2) is 0 Å². The van der Waals surface area contributed by atoms with Crippen molar-refractivity contribution in [1.29, 1.82) is 0 Å². The van der Waals surface area contributed by atoms with Crippen LogP contribution in [-0.2, 0) is 9.59 Å². The average molecular weight is 284 g/mol. The lowest BCUT2D eigenvalue weighted by atomic mass is 9.95. The van der Waals surface area contributed by atoms with Crippen molar-refractivity contribution in [2.75, 3.05) is 33.2 Å². The van der Waals surface area contributed by atoms with Crippen LogP contribution in [0.15, 0.2) is 0 Å². The highest BCUT2D eigenvalue weighted by atomic mass is 16.2. The average Bonchev–Trinajstić information content (AvgIpc) is 2.35. The summed E-state index contributed by atoms with van der Waals surface area (Å²) in [5, 5.41) is 0. The number of likely N-dealkylation sites (tertiary alicyclic amines) is 1. The third-order valence-electron chi connectivity index (χ3n) is 3.51. The molecule has 3 N–H and O–H groups in total. The number of carbonyl (C=O) groups is 2. The second-order valence-corrected chi connectivity index (χ2v) is 6.90. The maximum Gasteiger partial charge on any atom is 0.237 e. The van der Waals surface area contributed by atoms with Crippen LogP contribution in [0.3, 0.4) is 0 Å². The lowest BCUT2D eigenvalue weighted by Gasteiger charge is -2.33. The Hall–Kier alpha value is -1.14. The van der Waals surface area contributed by atoms with Crippen LogP contribution in [0.2, 0.25) is 0 Å². The molecule has 1 aliphatic rings. The Bertz CT molecular complexity index is 344. The molecular formula is C14H28N4O2. The molecule has 116 valence electrons. The van der Waals surface area contributed by atoms with E-state index < -0.39 is 0 Å². The number of nitrogens with zero attached hydrogens (tertiary/aromatic N) is 2. The van der Waals surface area contributed by atoms with Crippen molar-refractivity contribution in [3.8, 4) is 0 Å². The van der Waals surface area contributed by atoms with Crippen molar-refractivity contribution < 1.29 is 9.59 Å². The van der Waals surface area contributed by atoms with Crippen molar-refractivity contribution in [2.45, 2.75) is 33.6 Å². The van der Waals surface area contributed by atoms with E-state index in [0.717, 1.165) is 6.54 Å². The molecule has 0 aromatic carbocycles. The Morgan fingerprint density at radius 1 is 1.30 bits per heavy atom. The molecule has 0 saturated carbocycles. The molecular weight excluding hydrogens is 256 g/mol. The molecule has 0 bridgehead atoms. The molecule has 6 heteroatoms. The third-order valence-corrected chi connectivity index (χ3v) is 3.51. The standard InChI is InChI=1S/C14H28N4O2/c1-14(2,3)10-17(4)9-12(19)18-7-5-11(6-8-18)13(20)16-15/h11H,5-10,15H2,1-4H3,(H,16,20). The van der Waals surface area contributed by atoms with Gasteiger partial charge in [0.25, 0.3) is 0 Å². The number of hydrazine groups is 1. The fourth-order valence-electron chi connectivity index (χ4n) is 2.71. The number of piperidine rings is 1. The molecule has 0 radical (unpaired) electrons. The molecule has 1 rings (SSSR count). The van der Waals surface area contributed by atoms with E-state index in [1.54, 1.807) is 0 Å². The van der Waals surface area contributed by atoms with Gasteiger partial charge in [-0.2, -0.15) is 0 Å². The molecule has 0 aromatic heterocycles. The van der Waals surface area contributed by atoms with E-state index in [0.29, 0.717) is 32.5 Å². The molecule has 0 spiro atoms. The SMILES string of the molecule is CN(CC(=O)N1CCC(C(=O)NN)CC1)CC(C)(C)C. The second kappa shape index (κ2) is 7.04. The van der Waals surface area contributed by atoms with Gasteiger partial charge in [0.05, 0.1) is 6.54 Å². The summed E-state index contributed by atoms with van der Waals surface area (Å²) in [6, 6.07) is 0. The summed E-state index contributed by atoms with van der Waals surface area (Å²) in [5.41, 5.74) is 2.37. The largest absolute Gasteiger partial charge is 0.342 e. The number of likely N-dealkylation sites (N-methyl/N-ethyl adjacent to an activating group) is 1. The fraction of sp³-hybridized carbons (Fsp3) is 0.857. The molecule has 0 aromatic rings. The molecule has 1 aliphatic heterocycles. The predicted octanol–water partition coefficient (Wildman–Crippen LogP) is 0.193. The first-order valence-electron chi connectivity index (χ1n) is 7.19. The first-order chi connectivity index (χ1) is 9.23. The highest BCUT2D eigenvalue weighted by Gasteiger charge is 2.27. The third kappa shape index (κ3) is 5.46. The monoisotopic (exact) mass is 284 g/mol. The summed E-state index contributed by atoms with van der Waals surface area (Å²) >= 11 is 0. The van der Waals surface area contributed by atoms with E-state index in [9.17, 15) is 9.59 Å². The second-order valence-electron chi connectivity index (χ2n) is 6.90. The molecule has 2 amide bonds. The summed E-state index contributed by atoms with van der Waals surface area (Å²) < 4.78 is 0. The fourth-order valence-corrected chi connectivity index (χ4v) is 2.71. The molecule has 0 atom stereocenters. The molecule has 1 saturated heterocycles. The number of amides is 2. The maximum absolute atomic E-state index is 12.2. The molecule has 0 unspecified atom stereocenters. The lowest BCUT2D eigenvalue weighted by molar-refractivity contribution is -0.136. The number of carbonyl (C=O) groups excluding carboxylic acids is 2. The zero-order valence-electron chi connectivity index (χ0n) is 13.1. The van der Waals surface area contributed by atoms with Crippen molar-refractivity contribution in [3.63, 3.8) is 0 Å². The van der Waals surface area contributed by atoms with Gasteiger partial charge >= 0.3 is 0 Å². The quantitative estimate of drug-likeness (QED) is 0.439. The summed E-state index contributed by atoms with van der Waals surface area (Å²) in [4.78, 5) is 27.5. The van der Waals surface area contributed by atoms with E-state index in [1.165, 1.54) is 0 Å². The van der Waals surface area contributed by atoms with Gasteiger partial charge in [-0.15, -0.1) is 0 Å². The summed E-state index contributed by atoms with van der Waals surface area (Å²) in [6.45, 7) is 9.07. The number of nitrogens with one attached hydrogen (secondary N) is 1. The number of hydrogen-bond donors (Lipinski definition) is 2. The minimum absolute atomic E-state index is 0.0589. The molecule has 1 fully saturated rings. The zero-order valence-corrected chi connectivity index (χ0v) is 13.1. The van der Waals surface area contributed by atoms with Gasteiger partial charge in [-0.1, -0.05) is 20.8 Å². The number of rotatable bonds is 4. The predicted molar refractivity (Wildman–Crippen MR) is 78.6 cm³/mol. The Morgan fingerprint density at radius 3 is 2.30 bits per heavy atom. The van der Waals surface area contributed by atoms with Gasteiger partial charge in [0, 0.05) is 25.6 Å². The minimum atomic E-state index is -0.123. The Morgan fingerprint density at radius 2 is 1.85 bits per heavy atom. The molecule has 1 heterocycles. The van der Waals surface area contributed by atoms with Crippen LogP contribution < -0.4 is 11.3 Å². The highest BCUT2D eigenvalue weighted by Crippen LogP contribution is 2.18. The van der Waals surface area contributed by atoms with E-state index in [1.807, 2.05) is 11.9 Å². The van der Waals surface area contributed by atoms with E-state index in [4.69, 9.17) is 5.84 Å². The van der Waals surface area contributed by atoms with Crippen LogP contribution in [-0.4, -0.2) is 54.8 Å². The maximum atomic E-state index is 12.2. The van der Waals surface area contributed by atoms with Crippen molar-refractivity contribution >= 4 is 11.8 Å². The highest BCUT2D eigenvalue weighted by molar-refractivity contribution is 5.80. The summed E-state index contributed by atoms with van der Waals surface area (Å²) in [7, 11) is 1.97. The van der Waals surface area contributed by atoms with Crippen LogP contribution in [0.1, 0.15) is 33.6 Å². The van der Waals surface area contributed by atoms with Gasteiger partial charge < -0.3 is 4.90 Å². The zero-order chi connectivity index (χ0) is 15.3. The van der Waals surface area contributed by atoms with Gasteiger partial charge in [0.2, 0.25) is 11.8 Å². The van der Waals surface area contributed by atoms with Gasteiger partial charge in [-0.05, 0) is 25.3 Å². The lowest BCUT2D eigenvalue weighted by Crippen LogP contribution is -2.47. The van der Waals surface area contributed by atoms with Crippen molar-refractivity contribution in [2.24, 2.45) is 17.2 Å². The molecule has 0 aliphatic carbocycles. The van der Waals surface area contributed by atoms with Crippen LogP contribution in [0.5, 0.6) is 0 Å². The summed E-state index contributed by atoms with van der Waals surface area (Å²) in [5.74, 6) is 5.10. The van der Waals surface area contributed by atoms with Crippen LogP contribution in [0.4, 0.5) is 0 Å². The Kier molecular flexibility index (Phi) is 5.95.